The lowest BCUT2D eigenvalue weighted by Crippen LogP contribution is -2.36. The van der Waals surface area contributed by atoms with Gasteiger partial charge in [-0.3, -0.25) is 0 Å². The first-order valence-corrected chi connectivity index (χ1v) is 8.13. The molecule has 3 rings (SSSR count). The van der Waals surface area contributed by atoms with E-state index in [4.69, 9.17) is 18.6 Å². The third kappa shape index (κ3) is 3.45. The van der Waals surface area contributed by atoms with Gasteiger partial charge in [0.1, 0.15) is 17.3 Å². The minimum atomic E-state index is 0.601. The maximum absolute atomic E-state index is 5.88. The first-order valence-electron chi connectivity index (χ1n) is 8.13. The van der Waals surface area contributed by atoms with Crippen LogP contribution in [0, 0.1) is 0 Å². The van der Waals surface area contributed by atoms with E-state index in [-0.39, 0.29) is 0 Å². The van der Waals surface area contributed by atoms with Gasteiger partial charge in [0.2, 0.25) is 0 Å². The van der Waals surface area contributed by atoms with Gasteiger partial charge in [-0.05, 0) is 32.0 Å². The minimum Gasteiger partial charge on any atom is -0.493 e. The molecular weight excluding hydrogens is 294 g/mol. The highest BCUT2D eigenvalue weighted by atomic mass is 16.5. The van der Waals surface area contributed by atoms with E-state index in [0.29, 0.717) is 13.2 Å². The van der Waals surface area contributed by atoms with Crippen molar-refractivity contribution in [3.63, 3.8) is 0 Å². The number of hydrogen-bond donors (Lipinski definition) is 0. The van der Waals surface area contributed by atoms with Crippen LogP contribution in [0.25, 0.3) is 11.3 Å². The number of ether oxygens (including phenoxy) is 3. The van der Waals surface area contributed by atoms with Crippen molar-refractivity contribution in [3.05, 3.63) is 30.5 Å². The highest BCUT2D eigenvalue weighted by Crippen LogP contribution is 2.41. The zero-order valence-corrected chi connectivity index (χ0v) is 13.7. The molecule has 0 amide bonds. The quantitative estimate of drug-likeness (QED) is 0.815. The molecule has 1 aromatic carbocycles. The van der Waals surface area contributed by atoms with Gasteiger partial charge < -0.3 is 23.5 Å². The molecule has 5 nitrogen and oxygen atoms in total. The number of furan rings is 1. The number of rotatable bonds is 6. The highest BCUT2D eigenvalue weighted by Gasteiger charge is 2.20. The number of benzene rings is 1. The van der Waals surface area contributed by atoms with Gasteiger partial charge in [-0.1, -0.05) is 0 Å². The van der Waals surface area contributed by atoms with Crippen LogP contribution in [0.5, 0.6) is 11.5 Å². The fourth-order valence-corrected chi connectivity index (χ4v) is 2.77. The molecule has 0 atom stereocenters. The van der Waals surface area contributed by atoms with Crippen LogP contribution in [0.3, 0.4) is 0 Å². The lowest BCUT2D eigenvalue weighted by atomic mass is 10.1. The summed E-state index contributed by atoms with van der Waals surface area (Å²) >= 11 is 0. The third-order valence-electron chi connectivity index (χ3n) is 3.80. The third-order valence-corrected chi connectivity index (χ3v) is 3.80. The molecule has 1 aromatic heterocycles. The van der Waals surface area contributed by atoms with Gasteiger partial charge in [0, 0.05) is 19.2 Å². The molecule has 0 aliphatic carbocycles. The summed E-state index contributed by atoms with van der Waals surface area (Å²) in [5.41, 5.74) is 1.96. The lowest BCUT2D eigenvalue weighted by Gasteiger charge is -2.31. The second kappa shape index (κ2) is 7.42. The number of anilines is 1. The van der Waals surface area contributed by atoms with Crippen LogP contribution >= 0.6 is 0 Å². The minimum absolute atomic E-state index is 0.601. The molecule has 2 heterocycles. The van der Waals surface area contributed by atoms with Crippen molar-refractivity contribution in [2.24, 2.45) is 0 Å². The summed E-state index contributed by atoms with van der Waals surface area (Å²) in [4.78, 5) is 2.28. The van der Waals surface area contributed by atoms with Crippen molar-refractivity contribution in [2.75, 3.05) is 44.4 Å². The van der Waals surface area contributed by atoms with Crippen molar-refractivity contribution in [1.82, 2.24) is 0 Å². The van der Waals surface area contributed by atoms with Gasteiger partial charge in [0.15, 0.2) is 0 Å². The van der Waals surface area contributed by atoms with Crippen LogP contribution in [0.2, 0.25) is 0 Å². The van der Waals surface area contributed by atoms with Gasteiger partial charge >= 0.3 is 0 Å². The summed E-state index contributed by atoms with van der Waals surface area (Å²) in [6.45, 7) is 8.36. The molecule has 0 bridgehead atoms. The molecule has 1 aliphatic rings. The van der Waals surface area contributed by atoms with E-state index >= 15 is 0 Å². The predicted octanol–water partition coefficient (Wildman–Crippen LogP) is 3.58. The topological polar surface area (TPSA) is 44.1 Å². The summed E-state index contributed by atoms with van der Waals surface area (Å²) in [5, 5.41) is 0. The Kier molecular flexibility index (Phi) is 5.08. The molecule has 2 aromatic rings. The molecule has 0 N–H and O–H groups in total. The van der Waals surface area contributed by atoms with Crippen LogP contribution in [0.1, 0.15) is 13.8 Å². The van der Waals surface area contributed by atoms with Crippen molar-refractivity contribution in [1.29, 1.82) is 0 Å². The molecule has 0 spiro atoms. The smallest absolute Gasteiger partial charge is 0.143 e. The van der Waals surface area contributed by atoms with Crippen LogP contribution in [0.15, 0.2) is 34.9 Å². The zero-order chi connectivity index (χ0) is 16.1. The van der Waals surface area contributed by atoms with Gasteiger partial charge in [0.25, 0.3) is 0 Å². The van der Waals surface area contributed by atoms with Gasteiger partial charge in [-0.15, -0.1) is 0 Å². The second-order valence-corrected chi connectivity index (χ2v) is 5.26. The summed E-state index contributed by atoms with van der Waals surface area (Å²) in [7, 11) is 0. The van der Waals surface area contributed by atoms with Crippen molar-refractivity contribution < 1.29 is 18.6 Å². The van der Waals surface area contributed by atoms with Crippen LogP contribution in [-0.4, -0.2) is 39.5 Å². The molecule has 124 valence electrons. The Balaban J connectivity index is 2.05. The summed E-state index contributed by atoms with van der Waals surface area (Å²) in [5.74, 6) is 2.44. The fourth-order valence-electron chi connectivity index (χ4n) is 2.77. The number of hydrogen-bond acceptors (Lipinski definition) is 5. The molecule has 23 heavy (non-hydrogen) atoms. The van der Waals surface area contributed by atoms with Crippen LogP contribution < -0.4 is 14.4 Å². The Labute approximate surface area is 136 Å². The van der Waals surface area contributed by atoms with E-state index in [1.165, 1.54) is 0 Å². The van der Waals surface area contributed by atoms with Crippen molar-refractivity contribution in [2.45, 2.75) is 13.8 Å². The maximum Gasteiger partial charge on any atom is 0.143 e. The zero-order valence-electron chi connectivity index (χ0n) is 13.7. The normalized spacial score (nSPS) is 14.8. The Bertz CT molecular complexity index is 618. The number of nitrogens with zero attached hydrogens (tertiary/aromatic N) is 1. The van der Waals surface area contributed by atoms with Crippen molar-refractivity contribution in [3.8, 4) is 22.8 Å². The molecule has 0 radical (unpaired) electrons. The highest BCUT2D eigenvalue weighted by molar-refractivity contribution is 5.75. The van der Waals surface area contributed by atoms with Gasteiger partial charge in [-0.2, -0.15) is 0 Å². The van der Waals surface area contributed by atoms with Gasteiger partial charge in [-0.25, -0.2) is 0 Å². The van der Waals surface area contributed by atoms with Crippen LogP contribution in [-0.2, 0) is 4.74 Å². The Morgan fingerprint density at radius 3 is 2.43 bits per heavy atom. The molecule has 0 unspecified atom stereocenters. The predicted molar refractivity (Wildman–Crippen MR) is 89.5 cm³/mol. The Hall–Kier alpha value is -2.14. The Morgan fingerprint density at radius 1 is 1.04 bits per heavy atom. The van der Waals surface area contributed by atoms with Gasteiger partial charge in [0.05, 0.1) is 43.9 Å². The maximum atomic E-state index is 5.88. The van der Waals surface area contributed by atoms with E-state index in [9.17, 15) is 0 Å². The fraction of sp³-hybridized carbons (Fsp3) is 0.444. The first kappa shape index (κ1) is 15.7. The number of morpholine rings is 1. The second-order valence-electron chi connectivity index (χ2n) is 5.26. The first-order chi connectivity index (χ1) is 11.3. The van der Waals surface area contributed by atoms with E-state index < -0.39 is 0 Å². The molecule has 1 fully saturated rings. The molecule has 1 saturated heterocycles. The molecule has 0 saturated carbocycles. The van der Waals surface area contributed by atoms with E-state index in [0.717, 1.165) is 54.8 Å². The average Bonchev–Trinajstić information content (AvgIpc) is 3.11. The van der Waals surface area contributed by atoms with Crippen LogP contribution in [0.4, 0.5) is 5.69 Å². The average molecular weight is 317 g/mol. The van der Waals surface area contributed by atoms with E-state index in [1.807, 2.05) is 32.0 Å². The van der Waals surface area contributed by atoms with E-state index in [2.05, 4.69) is 11.0 Å². The van der Waals surface area contributed by atoms with E-state index in [1.54, 1.807) is 6.26 Å². The molecule has 5 heteroatoms. The largest absolute Gasteiger partial charge is 0.493 e. The molecule has 1 aliphatic heterocycles. The van der Waals surface area contributed by atoms with Crippen molar-refractivity contribution >= 4 is 5.69 Å². The summed E-state index contributed by atoms with van der Waals surface area (Å²) in [6, 6.07) is 7.87. The monoisotopic (exact) mass is 317 g/mol. The summed E-state index contributed by atoms with van der Waals surface area (Å²) in [6.07, 6.45) is 1.67. The standard InChI is InChI=1S/C18H23NO4/c1-3-21-17-13-15(19-7-10-20-11-8-19)18(22-4-2)12-14(17)16-6-5-9-23-16/h5-6,9,12-13H,3-4,7-8,10-11H2,1-2H3. The Morgan fingerprint density at radius 2 is 1.78 bits per heavy atom. The SMILES string of the molecule is CCOc1cc(N2CCOCC2)c(OCC)cc1-c1ccco1. The summed E-state index contributed by atoms with van der Waals surface area (Å²) < 4.78 is 22.7. The lowest BCUT2D eigenvalue weighted by molar-refractivity contribution is 0.122. The molecular formula is C18H23NO4.